The predicted octanol–water partition coefficient (Wildman–Crippen LogP) is 4.35. The van der Waals surface area contributed by atoms with Crippen molar-refractivity contribution in [2.45, 2.75) is 33.3 Å². The highest BCUT2D eigenvalue weighted by molar-refractivity contribution is 5.94. The fourth-order valence-electron chi connectivity index (χ4n) is 3.21. The van der Waals surface area contributed by atoms with E-state index >= 15 is 0 Å². The van der Waals surface area contributed by atoms with Crippen molar-refractivity contribution in [2.24, 2.45) is 0 Å². The Hall–Kier alpha value is -3.34. The van der Waals surface area contributed by atoms with Crippen molar-refractivity contribution in [3.63, 3.8) is 0 Å². The van der Waals surface area contributed by atoms with Gasteiger partial charge < -0.3 is 15.2 Å². The second-order valence-corrected chi connectivity index (χ2v) is 7.12. The van der Waals surface area contributed by atoms with E-state index in [1.165, 1.54) is 0 Å². The number of phenolic OH excluding ortho intramolecular Hbond substituents is 1. The summed E-state index contributed by atoms with van der Waals surface area (Å²) in [5.74, 6) is 0.985. The maximum absolute atomic E-state index is 12.5. The van der Waals surface area contributed by atoms with Crippen LogP contribution in [-0.2, 0) is 13.0 Å². The number of amides is 1. The molecule has 2 N–H and O–H groups in total. The highest BCUT2D eigenvalue weighted by atomic mass is 16.5. The van der Waals surface area contributed by atoms with E-state index in [2.05, 4.69) is 10.3 Å². The molecule has 29 heavy (non-hydrogen) atoms. The molecule has 0 bridgehead atoms. The summed E-state index contributed by atoms with van der Waals surface area (Å²) in [6.45, 7) is 4.94. The maximum atomic E-state index is 12.5. The fourth-order valence-corrected chi connectivity index (χ4v) is 3.21. The van der Waals surface area contributed by atoms with Gasteiger partial charge in [-0.3, -0.25) is 9.78 Å². The van der Waals surface area contributed by atoms with Crippen molar-refractivity contribution < 1.29 is 14.6 Å². The van der Waals surface area contributed by atoms with Gasteiger partial charge in [-0.2, -0.15) is 0 Å². The largest absolute Gasteiger partial charge is 0.508 e. The zero-order chi connectivity index (χ0) is 20.6. The number of nitrogens with one attached hydrogen (secondary N) is 1. The van der Waals surface area contributed by atoms with E-state index in [-0.39, 0.29) is 11.7 Å². The van der Waals surface area contributed by atoms with Crippen LogP contribution in [0.1, 0.15) is 39.0 Å². The molecule has 0 aliphatic heterocycles. The summed E-state index contributed by atoms with van der Waals surface area (Å²) in [5.41, 5.74) is 4.64. The van der Waals surface area contributed by atoms with E-state index in [1.54, 1.807) is 24.5 Å². The van der Waals surface area contributed by atoms with Crippen LogP contribution in [0.5, 0.6) is 11.5 Å². The van der Waals surface area contributed by atoms with Crippen LogP contribution in [0.2, 0.25) is 0 Å². The number of carbonyl (C=O) groups excluding carboxylic acids is 1. The Kier molecular flexibility index (Phi) is 6.85. The number of ether oxygens (including phenoxy) is 1. The molecule has 0 aliphatic rings. The molecule has 1 heterocycles. The van der Waals surface area contributed by atoms with Crippen LogP contribution in [0, 0.1) is 13.8 Å². The summed E-state index contributed by atoms with van der Waals surface area (Å²) in [7, 11) is 0. The summed E-state index contributed by atoms with van der Waals surface area (Å²) < 4.78 is 5.95. The van der Waals surface area contributed by atoms with Gasteiger partial charge in [0.05, 0.1) is 0 Å². The fraction of sp³-hybridized carbons (Fsp3) is 0.250. The Morgan fingerprint density at radius 3 is 2.45 bits per heavy atom. The van der Waals surface area contributed by atoms with Crippen LogP contribution in [0.3, 0.4) is 0 Å². The summed E-state index contributed by atoms with van der Waals surface area (Å²) in [6, 6.07) is 14.7. The van der Waals surface area contributed by atoms with Crippen molar-refractivity contribution in [1.82, 2.24) is 10.3 Å². The van der Waals surface area contributed by atoms with Gasteiger partial charge in [0.1, 0.15) is 18.1 Å². The molecule has 1 amide bonds. The molecule has 5 nitrogen and oxygen atoms in total. The second-order valence-electron chi connectivity index (χ2n) is 7.12. The van der Waals surface area contributed by atoms with Gasteiger partial charge in [0.2, 0.25) is 0 Å². The van der Waals surface area contributed by atoms with E-state index in [4.69, 9.17) is 4.74 Å². The number of rotatable bonds is 8. The van der Waals surface area contributed by atoms with Gasteiger partial charge in [0.15, 0.2) is 0 Å². The van der Waals surface area contributed by atoms with Gasteiger partial charge in [-0.1, -0.05) is 18.2 Å². The summed E-state index contributed by atoms with van der Waals surface area (Å²) >= 11 is 0. The molecule has 0 spiro atoms. The molecule has 0 unspecified atom stereocenters. The number of benzene rings is 2. The summed E-state index contributed by atoms with van der Waals surface area (Å²) in [4.78, 5) is 16.6. The number of phenols is 1. The molecule has 0 aliphatic carbocycles. The van der Waals surface area contributed by atoms with E-state index < -0.39 is 0 Å². The molecule has 3 rings (SSSR count). The monoisotopic (exact) mass is 390 g/mol. The van der Waals surface area contributed by atoms with E-state index in [0.29, 0.717) is 18.7 Å². The van der Waals surface area contributed by atoms with Crippen molar-refractivity contribution in [2.75, 3.05) is 6.54 Å². The number of hydrogen-bond acceptors (Lipinski definition) is 4. The minimum Gasteiger partial charge on any atom is -0.508 e. The first-order valence-corrected chi connectivity index (χ1v) is 9.72. The average molecular weight is 390 g/mol. The quantitative estimate of drug-likeness (QED) is 0.561. The molecule has 0 saturated carbocycles. The third-order valence-corrected chi connectivity index (χ3v) is 4.69. The van der Waals surface area contributed by atoms with Gasteiger partial charge in [-0.05, 0) is 73.7 Å². The number of hydrogen-bond donors (Lipinski definition) is 2. The second kappa shape index (κ2) is 9.73. The molecule has 3 aromatic rings. The first-order valence-electron chi connectivity index (χ1n) is 9.72. The molecule has 1 aromatic heterocycles. The lowest BCUT2D eigenvalue weighted by Crippen LogP contribution is -2.25. The Labute approximate surface area is 171 Å². The molecule has 0 saturated heterocycles. The lowest BCUT2D eigenvalue weighted by Gasteiger charge is -2.14. The highest BCUT2D eigenvalue weighted by Gasteiger charge is 2.12. The Balaban J connectivity index is 1.53. The first-order chi connectivity index (χ1) is 14.0. The van der Waals surface area contributed by atoms with E-state index in [0.717, 1.165) is 40.8 Å². The topological polar surface area (TPSA) is 71.5 Å². The van der Waals surface area contributed by atoms with Crippen LogP contribution in [-0.4, -0.2) is 22.5 Å². The molecule has 0 atom stereocenters. The van der Waals surface area contributed by atoms with Crippen molar-refractivity contribution in [3.05, 3.63) is 88.7 Å². The van der Waals surface area contributed by atoms with Gasteiger partial charge in [-0.25, -0.2) is 0 Å². The number of aromatic hydroxyl groups is 1. The molecule has 0 radical (unpaired) electrons. The number of aryl methyl sites for hydroxylation is 3. The molecular formula is C24H26N2O3. The number of carbonyl (C=O) groups is 1. The van der Waals surface area contributed by atoms with E-state index in [1.807, 2.05) is 50.2 Å². The lowest BCUT2D eigenvalue weighted by molar-refractivity contribution is 0.0953. The van der Waals surface area contributed by atoms with Crippen molar-refractivity contribution >= 4 is 5.91 Å². The molecule has 0 fully saturated rings. The van der Waals surface area contributed by atoms with Crippen LogP contribution in [0.15, 0.2) is 60.9 Å². The van der Waals surface area contributed by atoms with Crippen LogP contribution < -0.4 is 10.1 Å². The van der Waals surface area contributed by atoms with Gasteiger partial charge in [0, 0.05) is 30.1 Å². The maximum Gasteiger partial charge on any atom is 0.251 e. The molecule has 2 aromatic carbocycles. The minimum atomic E-state index is -0.0827. The number of pyridine rings is 1. The molecule has 5 heteroatoms. The zero-order valence-electron chi connectivity index (χ0n) is 16.8. The Bertz CT molecular complexity index is 931. The van der Waals surface area contributed by atoms with Gasteiger partial charge in [0.25, 0.3) is 5.91 Å². The Morgan fingerprint density at radius 1 is 1.07 bits per heavy atom. The summed E-state index contributed by atoms with van der Waals surface area (Å²) in [5, 5.41) is 12.3. The Morgan fingerprint density at radius 2 is 1.79 bits per heavy atom. The standard InChI is InChI=1S/C24H26N2O3/c1-17-13-21(14-18(2)23(17)29-16-20-6-3-11-25-15-20)24(28)26-12-4-5-19-7-9-22(27)10-8-19/h3,6-11,13-15,27H,4-5,12,16H2,1-2H3,(H,26,28). The number of aromatic nitrogens is 1. The van der Waals surface area contributed by atoms with Gasteiger partial charge in [-0.15, -0.1) is 0 Å². The van der Waals surface area contributed by atoms with Crippen molar-refractivity contribution in [1.29, 1.82) is 0 Å². The smallest absolute Gasteiger partial charge is 0.251 e. The minimum absolute atomic E-state index is 0.0827. The SMILES string of the molecule is Cc1cc(C(=O)NCCCc2ccc(O)cc2)cc(C)c1OCc1cccnc1. The van der Waals surface area contributed by atoms with Crippen LogP contribution in [0.4, 0.5) is 0 Å². The summed E-state index contributed by atoms with van der Waals surface area (Å²) in [6.07, 6.45) is 5.20. The van der Waals surface area contributed by atoms with Crippen LogP contribution in [0.25, 0.3) is 0 Å². The molecular weight excluding hydrogens is 364 g/mol. The lowest BCUT2D eigenvalue weighted by atomic mass is 10.0. The normalized spacial score (nSPS) is 10.6. The average Bonchev–Trinajstić information content (AvgIpc) is 2.72. The zero-order valence-corrected chi connectivity index (χ0v) is 16.8. The first kappa shape index (κ1) is 20.4. The third-order valence-electron chi connectivity index (χ3n) is 4.69. The van der Waals surface area contributed by atoms with Crippen LogP contribution >= 0.6 is 0 Å². The third kappa shape index (κ3) is 5.82. The number of nitrogens with zero attached hydrogens (tertiary/aromatic N) is 1. The molecule has 150 valence electrons. The highest BCUT2D eigenvalue weighted by Crippen LogP contribution is 2.25. The van der Waals surface area contributed by atoms with Gasteiger partial charge >= 0.3 is 0 Å². The van der Waals surface area contributed by atoms with Crippen molar-refractivity contribution in [3.8, 4) is 11.5 Å². The predicted molar refractivity (Wildman–Crippen MR) is 113 cm³/mol. The van der Waals surface area contributed by atoms with E-state index in [9.17, 15) is 9.90 Å².